The van der Waals surface area contributed by atoms with Gasteiger partial charge in [-0.1, -0.05) is 29.3 Å². The number of hydrogen-bond donors (Lipinski definition) is 1. The standard InChI is InChI=1S/C14H18BrNO2/c1-10-4-2-3-5-13(10)18-14(17)16-12-8-6-11(15)7-9-12/h6-10,13H,2-5H2,1H3,(H,16,17). The Bertz CT molecular complexity index is 405. The van der Waals surface area contributed by atoms with E-state index in [1.54, 1.807) is 0 Å². The summed E-state index contributed by atoms with van der Waals surface area (Å²) in [7, 11) is 0. The van der Waals surface area contributed by atoms with Crippen LogP contribution in [0.1, 0.15) is 32.6 Å². The highest BCUT2D eigenvalue weighted by Gasteiger charge is 2.24. The van der Waals surface area contributed by atoms with Crippen LogP contribution in [0, 0.1) is 5.92 Å². The summed E-state index contributed by atoms with van der Waals surface area (Å²) in [6.07, 6.45) is 4.24. The molecule has 0 heterocycles. The number of benzene rings is 1. The van der Waals surface area contributed by atoms with Crippen molar-refractivity contribution in [3.05, 3.63) is 28.7 Å². The predicted octanol–water partition coefficient (Wildman–Crippen LogP) is 4.58. The van der Waals surface area contributed by atoms with Gasteiger partial charge in [-0.25, -0.2) is 4.79 Å². The van der Waals surface area contributed by atoms with E-state index in [0.717, 1.165) is 29.4 Å². The number of rotatable bonds is 2. The first-order valence-electron chi connectivity index (χ1n) is 6.38. The number of carbonyl (C=O) groups excluding carboxylic acids is 1. The molecule has 0 saturated heterocycles. The molecule has 1 aromatic rings. The molecule has 18 heavy (non-hydrogen) atoms. The summed E-state index contributed by atoms with van der Waals surface area (Å²) in [5, 5.41) is 2.75. The lowest BCUT2D eigenvalue weighted by Gasteiger charge is -2.28. The zero-order valence-corrected chi connectivity index (χ0v) is 12.1. The molecule has 0 bridgehead atoms. The molecular formula is C14H18BrNO2. The average molecular weight is 312 g/mol. The van der Waals surface area contributed by atoms with Gasteiger partial charge >= 0.3 is 6.09 Å². The van der Waals surface area contributed by atoms with Crippen LogP contribution in [0.25, 0.3) is 0 Å². The molecule has 1 aliphatic rings. The number of ether oxygens (including phenoxy) is 1. The SMILES string of the molecule is CC1CCCCC1OC(=O)Nc1ccc(Br)cc1. The first kappa shape index (κ1) is 13.4. The van der Waals surface area contributed by atoms with Crippen LogP contribution >= 0.6 is 15.9 Å². The van der Waals surface area contributed by atoms with Gasteiger partial charge in [-0.2, -0.15) is 0 Å². The molecule has 1 aliphatic carbocycles. The maximum atomic E-state index is 11.8. The molecule has 3 nitrogen and oxygen atoms in total. The van der Waals surface area contributed by atoms with Crippen LogP contribution in [0.4, 0.5) is 10.5 Å². The number of halogens is 1. The van der Waals surface area contributed by atoms with Gasteiger partial charge in [-0.15, -0.1) is 0 Å². The summed E-state index contributed by atoms with van der Waals surface area (Å²) in [6.45, 7) is 2.15. The maximum Gasteiger partial charge on any atom is 0.411 e. The van der Waals surface area contributed by atoms with E-state index in [2.05, 4.69) is 28.2 Å². The molecule has 1 fully saturated rings. The van der Waals surface area contributed by atoms with E-state index >= 15 is 0 Å². The van der Waals surface area contributed by atoms with E-state index in [9.17, 15) is 4.79 Å². The normalized spacial score (nSPS) is 23.4. The highest BCUT2D eigenvalue weighted by molar-refractivity contribution is 9.10. The molecule has 2 atom stereocenters. The Morgan fingerprint density at radius 3 is 2.61 bits per heavy atom. The number of nitrogens with one attached hydrogen (secondary N) is 1. The summed E-state index contributed by atoms with van der Waals surface area (Å²) >= 11 is 3.36. The molecule has 98 valence electrons. The second-order valence-corrected chi connectivity index (χ2v) is 5.75. The zero-order chi connectivity index (χ0) is 13.0. The first-order chi connectivity index (χ1) is 8.65. The van der Waals surface area contributed by atoms with Crippen LogP contribution in [-0.2, 0) is 4.74 Å². The Labute approximate surface area is 116 Å². The quantitative estimate of drug-likeness (QED) is 0.868. The van der Waals surface area contributed by atoms with Crippen molar-refractivity contribution in [2.24, 2.45) is 5.92 Å². The van der Waals surface area contributed by atoms with Crippen LogP contribution in [0.5, 0.6) is 0 Å². The van der Waals surface area contributed by atoms with Gasteiger partial charge in [0.05, 0.1) is 0 Å². The molecule has 1 N–H and O–H groups in total. The summed E-state index contributed by atoms with van der Waals surface area (Å²) in [5.41, 5.74) is 0.756. The van der Waals surface area contributed by atoms with E-state index < -0.39 is 0 Å². The fourth-order valence-corrected chi connectivity index (χ4v) is 2.54. The molecule has 1 saturated carbocycles. The topological polar surface area (TPSA) is 38.3 Å². The van der Waals surface area contributed by atoms with Gasteiger partial charge in [0, 0.05) is 10.2 Å². The summed E-state index contributed by atoms with van der Waals surface area (Å²) in [4.78, 5) is 11.8. The number of carbonyl (C=O) groups is 1. The van der Waals surface area contributed by atoms with Crippen molar-refractivity contribution in [2.45, 2.75) is 38.7 Å². The third-order valence-corrected chi connectivity index (χ3v) is 3.91. The second-order valence-electron chi connectivity index (χ2n) is 4.84. The monoisotopic (exact) mass is 311 g/mol. The molecule has 0 aromatic heterocycles. The van der Waals surface area contributed by atoms with Gasteiger partial charge in [0.1, 0.15) is 6.10 Å². The van der Waals surface area contributed by atoms with Crippen molar-refractivity contribution in [2.75, 3.05) is 5.32 Å². The predicted molar refractivity (Wildman–Crippen MR) is 75.7 cm³/mol. The molecule has 2 unspecified atom stereocenters. The zero-order valence-electron chi connectivity index (χ0n) is 10.5. The van der Waals surface area contributed by atoms with Gasteiger partial charge in [-0.05, 0) is 49.4 Å². The molecular weight excluding hydrogens is 294 g/mol. The van der Waals surface area contributed by atoms with Gasteiger partial charge in [0.25, 0.3) is 0 Å². The van der Waals surface area contributed by atoms with E-state index in [-0.39, 0.29) is 12.2 Å². The Balaban J connectivity index is 1.86. The van der Waals surface area contributed by atoms with E-state index in [4.69, 9.17) is 4.74 Å². The number of anilines is 1. The van der Waals surface area contributed by atoms with Crippen LogP contribution in [0.15, 0.2) is 28.7 Å². The minimum absolute atomic E-state index is 0.0641. The van der Waals surface area contributed by atoms with E-state index in [1.165, 1.54) is 6.42 Å². The Kier molecular flexibility index (Phi) is 4.64. The molecule has 1 aromatic carbocycles. The highest BCUT2D eigenvalue weighted by Crippen LogP contribution is 2.26. The van der Waals surface area contributed by atoms with Crippen molar-refractivity contribution in [3.8, 4) is 0 Å². The minimum Gasteiger partial charge on any atom is -0.446 e. The van der Waals surface area contributed by atoms with Crippen LogP contribution in [-0.4, -0.2) is 12.2 Å². The third kappa shape index (κ3) is 3.73. The lowest BCUT2D eigenvalue weighted by atomic mass is 9.88. The van der Waals surface area contributed by atoms with Crippen molar-refractivity contribution < 1.29 is 9.53 Å². The average Bonchev–Trinajstić information content (AvgIpc) is 2.35. The molecule has 0 spiro atoms. The molecule has 0 aliphatic heterocycles. The smallest absolute Gasteiger partial charge is 0.411 e. The number of hydrogen-bond acceptors (Lipinski definition) is 2. The van der Waals surface area contributed by atoms with Gasteiger partial charge in [0.15, 0.2) is 0 Å². The molecule has 4 heteroatoms. The van der Waals surface area contributed by atoms with Crippen LogP contribution in [0.3, 0.4) is 0 Å². The van der Waals surface area contributed by atoms with Crippen LogP contribution in [0.2, 0.25) is 0 Å². The Morgan fingerprint density at radius 1 is 1.28 bits per heavy atom. The fraction of sp³-hybridized carbons (Fsp3) is 0.500. The minimum atomic E-state index is -0.351. The number of amides is 1. The maximum absolute atomic E-state index is 11.8. The first-order valence-corrected chi connectivity index (χ1v) is 7.17. The fourth-order valence-electron chi connectivity index (χ4n) is 2.28. The van der Waals surface area contributed by atoms with Crippen molar-refractivity contribution in [3.63, 3.8) is 0 Å². The summed E-state index contributed by atoms with van der Waals surface area (Å²) in [6, 6.07) is 7.46. The molecule has 1 amide bonds. The van der Waals surface area contributed by atoms with E-state index in [0.29, 0.717) is 5.92 Å². The van der Waals surface area contributed by atoms with Crippen molar-refractivity contribution >= 4 is 27.7 Å². The molecule has 2 rings (SSSR count). The molecule has 0 radical (unpaired) electrons. The summed E-state index contributed by atoms with van der Waals surface area (Å²) < 4.78 is 6.46. The third-order valence-electron chi connectivity index (χ3n) is 3.38. The Morgan fingerprint density at radius 2 is 1.94 bits per heavy atom. The van der Waals surface area contributed by atoms with Crippen molar-refractivity contribution in [1.29, 1.82) is 0 Å². The lowest BCUT2D eigenvalue weighted by Crippen LogP contribution is -2.30. The summed E-state index contributed by atoms with van der Waals surface area (Å²) in [5.74, 6) is 0.467. The largest absolute Gasteiger partial charge is 0.446 e. The highest BCUT2D eigenvalue weighted by atomic mass is 79.9. The van der Waals surface area contributed by atoms with Crippen molar-refractivity contribution in [1.82, 2.24) is 0 Å². The lowest BCUT2D eigenvalue weighted by molar-refractivity contribution is 0.0524. The van der Waals surface area contributed by atoms with Gasteiger partial charge in [0.2, 0.25) is 0 Å². The van der Waals surface area contributed by atoms with E-state index in [1.807, 2.05) is 24.3 Å². The second kappa shape index (κ2) is 6.23. The van der Waals surface area contributed by atoms with Gasteiger partial charge in [-0.3, -0.25) is 5.32 Å². The van der Waals surface area contributed by atoms with Gasteiger partial charge < -0.3 is 4.74 Å². The Hall–Kier alpha value is -1.03. The van der Waals surface area contributed by atoms with Crippen LogP contribution < -0.4 is 5.32 Å².